The molecule has 22 heavy (non-hydrogen) atoms. The number of hydrogen-bond acceptors (Lipinski definition) is 5. The number of thioether (sulfide) groups is 1. The van der Waals surface area contributed by atoms with Crippen molar-refractivity contribution in [3.63, 3.8) is 0 Å². The molecule has 2 heterocycles. The molecule has 1 atom stereocenters. The van der Waals surface area contributed by atoms with E-state index in [1.165, 1.54) is 0 Å². The number of halogens is 1. The fraction of sp³-hybridized carbons (Fsp3) is 0.267. The SMILES string of the molecule is Cc1nnc([C@H](C)Sc2ncc(-c3ccc(Br)cc3)n2C)o1. The predicted molar refractivity (Wildman–Crippen MR) is 89.7 cm³/mol. The molecule has 7 heteroatoms. The highest BCUT2D eigenvalue weighted by molar-refractivity contribution is 9.10. The molecule has 0 unspecified atom stereocenters. The highest BCUT2D eigenvalue weighted by Crippen LogP contribution is 2.35. The monoisotopic (exact) mass is 378 g/mol. The molecule has 0 bridgehead atoms. The van der Waals surface area contributed by atoms with E-state index in [0.29, 0.717) is 11.8 Å². The van der Waals surface area contributed by atoms with Crippen LogP contribution < -0.4 is 0 Å². The van der Waals surface area contributed by atoms with Gasteiger partial charge in [0.15, 0.2) is 5.16 Å². The molecule has 0 amide bonds. The second kappa shape index (κ2) is 6.26. The highest BCUT2D eigenvalue weighted by atomic mass is 79.9. The zero-order chi connectivity index (χ0) is 15.7. The van der Waals surface area contributed by atoms with E-state index in [4.69, 9.17) is 4.42 Å². The van der Waals surface area contributed by atoms with Crippen molar-refractivity contribution in [2.24, 2.45) is 7.05 Å². The molecule has 3 aromatic rings. The van der Waals surface area contributed by atoms with Gasteiger partial charge in [-0.25, -0.2) is 4.98 Å². The maximum atomic E-state index is 5.48. The molecule has 0 spiro atoms. The Morgan fingerprint density at radius 1 is 1.23 bits per heavy atom. The fourth-order valence-electron chi connectivity index (χ4n) is 2.08. The van der Waals surface area contributed by atoms with Crippen LogP contribution in [0.2, 0.25) is 0 Å². The first kappa shape index (κ1) is 15.3. The Bertz CT molecular complexity index is 781. The molecule has 114 valence electrons. The van der Waals surface area contributed by atoms with Gasteiger partial charge in [-0.2, -0.15) is 0 Å². The summed E-state index contributed by atoms with van der Waals surface area (Å²) in [5.41, 5.74) is 2.20. The van der Waals surface area contributed by atoms with Gasteiger partial charge < -0.3 is 8.98 Å². The van der Waals surface area contributed by atoms with Crippen LogP contribution in [-0.4, -0.2) is 19.7 Å². The fourth-order valence-corrected chi connectivity index (χ4v) is 3.22. The molecule has 0 fully saturated rings. The third-order valence-electron chi connectivity index (χ3n) is 3.26. The molecule has 0 aliphatic rings. The molecule has 5 nitrogen and oxygen atoms in total. The van der Waals surface area contributed by atoms with Gasteiger partial charge in [0, 0.05) is 18.4 Å². The van der Waals surface area contributed by atoms with Gasteiger partial charge in [-0.3, -0.25) is 0 Å². The third-order valence-corrected chi connectivity index (χ3v) is 4.93. The Hall–Kier alpha value is -1.60. The summed E-state index contributed by atoms with van der Waals surface area (Å²) in [6.07, 6.45) is 1.89. The van der Waals surface area contributed by atoms with Gasteiger partial charge in [-0.15, -0.1) is 10.2 Å². The van der Waals surface area contributed by atoms with E-state index in [2.05, 4.69) is 47.8 Å². The van der Waals surface area contributed by atoms with Gasteiger partial charge in [0.05, 0.1) is 17.1 Å². The minimum absolute atomic E-state index is 0.0556. The molecule has 0 aliphatic carbocycles. The van der Waals surface area contributed by atoms with Gasteiger partial charge in [0.1, 0.15) is 0 Å². The van der Waals surface area contributed by atoms with E-state index in [-0.39, 0.29) is 5.25 Å². The van der Waals surface area contributed by atoms with Crippen LogP contribution in [0.25, 0.3) is 11.3 Å². The van der Waals surface area contributed by atoms with Crippen LogP contribution in [0, 0.1) is 6.92 Å². The maximum absolute atomic E-state index is 5.48. The van der Waals surface area contributed by atoms with Crippen molar-refractivity contribution >= 4 is 27.7 Å². The summed E-state index contributed by atoms with van der Waals surface area (Å²) in [7, 11) is 2.01. The number of hydrogen-bond donors (Lipinski definition) is 0. The van der Waals surface area contributed by atoms with Crippen LogP contribution in [0.15, 0.2) is 44.5 Å². The van der Waals surface area contributed by atoms with Crippen LogP contribution in [0.3, 0.4) is 0 Å². The number of benzene rings is 1. The van der Waals surface area contributed by atoms with Gasteiger partial charge >= 0.3 is 0 Å². The Labute approximate surface area is 141 Å². The summed E-state index contributed by atoms with van der Waals surface area (Å²) in [4.78, 5) is 4.51. The van der Waals surface area contributed by atoms with Crippen molar-refractivity contribution < 1.29 is 4.42 Å². The second-order valence-electron chi connectivity index (χ2n) is 4.91. The van der Waals surface area contributed by atoms with Crippen LogP contribution >= 0.6 is 27.7 Å². The molecule has 0 saturated heterocycles. The van der Waals surface area contributed by atoms with E-state index in [9.17, 15) is 0 Å². The van der Waals surface area contributed by atoms with Crippen molar-refractivity contribution in [2.75, 3.05) is 0 Å². The zero-order valence-corrected chi connectivity index (χ0v) is 14.8. The lowest BCUT2D eigenvalue weighted by molar-refractivity contribution is 0.470. The Morgan fingerprint density at radius 3 is 2.59 bits per heavy atom. The largest absolute Gasteiger partial charge is 0.424 e. The molecule has 3 rings (SSSR count). The summed E-state index contributed by atoms with van der Waals surface area (Å²) in [5.74, 6) is 1.20. The normalized spacial score (nSPS) is 12.5. The minimum Gasteiger partial charge on any atom is -0.424 e. The van der Waals surface area contributed by atoms with E-state index >= 15 is 0 Å². The average molecular weight is 379 g/mol. The highest BCUT2D eigenvalue weighted by Gasteiger charge is 2.18. The van der Waals surface area contributed by atoms with Crippen molar-refractivity contribution in [3.8, 4) is 11.3 Å². The molecule has 0 N–H and O–H groups in total. The lowest BCUT2D eigenvalue weighted by Crippen LogP contribution is -1.97. The number of imidazole rings is 1. The van der Waals surface area contributed by atoms with E-state index in [1.807, 2.05) is 32.3 Å². The molecule has 0 radical (unpaired) electrons. The van der Waals surface area contributed by atoms with Gasteiger partial charge in [0.2, 0.25) is 11.8 Å². The summed E-state index contributed by atoms with van der Waals surface area (Å²) in [6.45, 7) is 3.83. The average Bonchev–Trinajstić information content (AvgIpc) is 3.08. The van der Waals surface area contributed by atoms with Gasteiger partial charge in [-0.05, 0) is 24.6 Å². The van der Waals surface area contributed by atoms with Crippen LogP contribution in [0.5, 0.6) is 0 Å². The quantitative estimate of drug-likeness (QED) is 0.629. The number of nitrogens with zero attached hydrogens (tertiary/aromatic N) is 4. The maximum Gasteiger partial charge on any atom is 0.229 e. The standard InChI is InChI=1S/C15H15BrN4OS/c1-9(14-19-18-10(2)21-14)22-15-17-8-13(20(15)3)11-4-6-12(16)7-5-11/h4-9H,1-3H3/t9-/m0/s1. The van der Waals surface area contributed by atoms with E-state index < -0.39 is 0 Å². The second-order valence-corrected chi connectivity index (χ2v) is 7.13. The molecule has 0 saturated carbocycles. The first-order valence-electron chi connectivity index (χ1n) is 6.79. The minimum atomic E-state index is 0.0556. The first-order valence-corrected chi connectivity index (χ1v) is 8.46. The topological polar surface area (TPSA) is 56.7 Å². The Morgan fingerprint density at radius 2 is 1.95 bits per heavy atom. The third kappa shape index (κ3) is 3.10. The van der Waals surface area contributed by atoms with Crippen molar-refractivity contribution in [1.82, 2.24) is 19.7 Å². The van der Waals surface area contributed by atoms with Crippen molar-refractivity contribution in [1.29, 1.82) is 0 Å². The summed E-state index contributed by atoms with van der Waals surface area (Å²) in [6, 6.07) is 8.19. The lowest BCUT2D eigenvalue weighted by Gasteiger charge is -2.08. The zero-order valence-electron chi connectivity index (χ0n) is 12.4. The molecule has 2 aromatic heterocycles. The summed E-state index contributed by atoms with van der Waals surface area (Å²) >= 11 is 5.05. The van der Waals surface area contributed by atoms with E-state index in [1.54, 1.807) is 18.7 Å². The number of aryl methyl sites for hydroxylation is 1. The predicted octanol–water partition coefficient (Wildman–Crippen LogP) is 4.39. The Kier molecular flexibility index (Phi) is 4.35. The Balaban J connectivity index is 1.82. The van der Waals surface area contributed by atoms with Crippen LogP contribution in [0.4, 0.5) is 0 Å². The molecular weight excluding hydrogens is 364 g/mol. The van der Waals surface area contributed by atoms with Crippen molar-refractivity contribution in [3.05, 3.63) is 46.7 Å². The summed E-state index contributed by atoms with van der Waals surface area (Å²) in [5, 5.41) is 8.91. The van der Waals surface area contributed by atoms with Crippen LogP contribution in [-0.2, 0) is 7.05 Å². The smallest absolute Gasteiger partial charge is 0.229 e. The molecular formula is C15H15BrN4OS. The van der Waals surface area contributed by atoms with Crippen LogP contribution in [0.1, 0.15) is 24.0 Å². The summed E-state index contributed by atoms with van der Waals surface area (Å²) < 4.78 is 8.62. The lowest BCUT2D eigenvalue weighted by atomic mass is 10.2. The van der Waals surface area contributed by atoms with Gasteiger partial charge in [-0.1, -0.05) is 39.8 Å². The van der Waals surface area contributed by atoms with Crippen molar-refractivity contribution in [2.45, 2.75) is 24.3 Å². The number of rotatable bonds is 4. The number of aromatic nitrogens is 4. The molecule has 1 aromatic carbocycles. The first-order chi connectivity index (χ1) is 10.5. The molecule has 0 aliphatic heterocycles. The van der Waals surface area contributed by atoms with E-state index in [0.717, 1.165) is 20.9 Å². The van der Waals surface area contributed by atoms with Gasteiger partial charge in [0.25, 0.3) is 0 Å².